The molecule has 1 N–H and O–H groups in total. The van der Waals surface area contributed by atoms with Crippen LogP contribution < -0.4 is 14.8 Å². The number of fused-ring (bicyclic) bond motifs is 1. The second-order valence-electron chi connectivity index (χ2n) is 8.64. The lowest BCUT2D eigenvalue weighted by molar-refractivity contribution is 0.355. The van der Waals surface area contributed by atoms with E-state index in [0.717, 1.165) is 37.2 Å². The van der Waals surface area contributed by atoms with Gasteiger partial charge in [-0.25, -0.2) is 4.98 Å². The summed E-state index contributed by atoms with van der Waals surface area (Å²) >= 11 is 3.00. The Kier molecular flexibility index (Phi) is 7.56. The van der Waals surface area contributed by atoms with Crippen LogP contribution in [0.3, 0.4) is 0 Å². The molecule has 3 aromatic heterocycles. The van der Waals surface area contributed by atoms with E-state index in [2.05, 4.69) is 37.8 Å². The zero-order valence-corrected chi connectivity index (χ0v) is 23.3. The topological polar surface area (TPSA) is 108 Å². The van der Waals surface area contributed by atoms with Gasteiger partial charge in [-0.05, 0) is 35.9 Å². The molecule has 200 valence electrons. The van der Waals surface area contributed by atoms with E-state index in [1.165, 1.54) is 28.7 Å². The Balaban J connectivity index is 1.21. The summed E-state index contributed by atoms with van der Waals surface area (Å²) in [5, 5.41) is 22.2. The predicted molar refractivity (Wildman–Crippen MR) is 157 cm³/mol. The summed E-state index contributed by atoms with van der Waals surface area (Å²) in [6, 6.07) is 25.7. The molecular formula is C29H24N6O3S2. The van der Waals surface area contributed by atoms with Crippen molar-refractivity contribution in [2.24, 2.45) is 0 Å². The molecule has 0 aliphatic rings. The van der Waals surface area contributed by atoms with E-state index >= 15 is 0 Å². The molecule has 6 aromatic rings. The molecule has 0 saturated carbocycles. The molecule has 0 amide bonds. The largest absolute Gasteiger partial charge is 0.493 e. The SMILES string of the molecule is COc1ccc(-c2cc(-c3nnc(CSc4nnc(NCc5ccccc5)s4)o3)c3ccccc3n2)cc1OC. The molecule has 0 fully saturated rings. The summed E-state index contributed by atoms with van der Waals surface area (Å²) in [6.45, 7) is 0.693. The summed E-state index contributed by atoms with van der Waals surface area (Å²) in [5.74, 6) is 2.69. The number of thioether (sulfide) groups is 1. The zero-order chi connectivity index (χ0) is 27.3. The zero-order valence-electron chi connectivity index (χ0n) is 21.7. The minimum Gasteiger partial charge on any atom is -0.493 e. The molecule has 3 heterocycles. The number of pyridine rings is 1. The summed E-state index contributed by atoms with van der Waals surface area (Å²) in [7, 11) is 3.23. The van der Waals surface area contributed by atoms with E-state index < -0.39 is 0 Å². The molecule has 40 heavy (non-hydrogen) atoms. The molecule has 3 aromatic carbocycles. The second-order valence-corrected chi connectivity index (χ2v) is 10.8. The van der Waals surface area contributed by atoms with Crippen molar-refractivity contribution in [2.75, 3.05) is 19.5 Å². The smallest absolute Gasteiger partial charge is 0.248 e. The van der Waals surface area contributed by atoms with E-state index in [-0.39, 0.29) is 0 Å². The number of methoxy groups -OCH3 is 2. The van der Waals surface area contributed by atoms with Crippen LogP contribution >= 0.6 is 23.1 Å². The van der Waals surface area contributed by atoms with Gasteiger partial charge < -0.3 is 19.2 Å². The summed E-state index contributed by atoms with van der Waals surface area (Å²) in [4.78, 5) is 4.87. The second kappa shape index (κ2) is 11.7. The maximum Gasteiger partial charge on any atom is 0.248 e. The highest BCUT2D eigenvalue weighted by molar-refractivity contribution is 8.00. The van der Waals surface area contributed by atoms with E-state index in [1.807, 2.05) is 66.7 Å². The van der Waals surface area contributed by atoms with Crippen molar-refractivity contribution in [1.29, 1.82) is 0 Å². The van der Waals surface area contributed by atoms with Crippen LogP contribution in [0.5, 0.6) is 11.5 Å². The van der Waals surface area contributed by atoms with Gasteiger partial charge in [-0.1, -0.05) is 71.6 Å². The minimum absolute atomic E-state index is 0.429. The lowest BCUT2D eigenvalue weighted by Gasteiger charge is -2.11. The van der Waals surface area contributed by atoms with Gasteiger partial charge in [0.05, 0.1) is 36.7 Å². The number of aromatic nitrogens is 5. The van der Waals surface area contributed by atoms with Crippen LogP contribution in [-0.4, -0.2) is 39.6 Å². The Morgan fingerprint density at radius 1 is 0.850 bits per heavy atom. The van der Waals surface area contributed by atoms with Gasteiger partial charge in [-0.3, -0.25) is 0 Å². The Morgan fingerprint density at radius 3 is 2.52 bits per heavy atom. The average molecular weight is 569 g/mol. The van der Waals surface area contributed by atoms with Crippen LogP contribution in [-0.2, 0) is 12.3 Å². The Bertz CT molecular complexity index is 1760. The summed E-state index contributed by atoms with van der Waals surface area (Å²) in [6.07, 6.45) is 0. The van der Waals surface area contributed by atoms with Gasteiger partial charge in [-0.15, -0.1) is 20.4 Å². The fourth-order valence-corrected chi connectivity index (χ4v) is 5.74. The third-order valence-electron chi connectivity index (χ3n) is 6.10. The molecule has 0 unspecified atom stereocenters. The van der Waals surface area contributed by atoms with E-state index in [0.29, 0.717) is 35.6 Å². The molecule has 9 nitrogen and oxygen atoms in total. The molecule has 0 aliphatic carbocycles. The number of ether oxygens (including phenoxy) is 2. The highest BCUT2D eigenvalue weighted by Crippen LogP contribution is 2.36. The predicted octanol–water partition coefficient (Wildman–Crippen LogP) is 6.72. The minimum atomic E-state index is 0.429. The summed E-state index contributed by atoms with van der Waals surface area (Å²) < 4.78 is 17.8. The molecule has 0 atom stereocenters. The van der Waals surface area contributed by atoms with Crippen LogP contribution in [0, 0.1) is 0 Å². The van der Waals surface area contributed by atoms with Crippen molar-refractivity contribution < 1.29 is 13.9 Å². The maximum absolute atomic E-state index is 6.11. The molecular weight excluding hydrogens is 544 g/mol. The van der Waals surface area contributed by atoms with E-state index in [9.17, 15) is 0 Å². The van der Waals surface area contributed by atoms with Gasteiger partial charge in [0.2, 0.25) is 16.9 Å². The first-order chi connectivity index (χ1) is 19.7. The fraction of sp³-hybridized carbons (Fsp3) is 0.138. The van der Waals surface area contributed by atoms with Gasteiger partial charge in [0.25, 0.3) is 0 Å². The van der Waals surface area contributed by atoms with Gasteiger partial charge in [0.1, 0.15) is 0 Å². The van der Waals surface area contributed by atoms with Crippen LogP contribution in [0.2, 0.25) is 0 Å². The normalized spacial score (nSPS) is 11.1. The lowest BCUT2D eigenvalue weighted by atomic mass is 10.0. The Hall–Kier alpha value is -4.48. The third-order valence-corrected chi connectivity index (χ3v) is 8.10. The number of nitrogens with zero attached hydrogens (tertiary/aromatic N) is 5. The molecule has 11 heteroatoms. The first-order valence-corrected chi connectivity index (χ1v) is 14.2. The number of hydrogen-bond acceptors (Lipinski definition) is 11. The monoisotopic (exact) mass is 568 g/mol. The van der Waals surface area contributed by atoms with Crippen LogP contribution in [0.25, 0.3) is 33.6 Å². The number of benzene rings is 3. The van der Waals surface area contributed by atoms with E-state index in [1.54, 1.807) is 14.2 Å². The number of para-hydroxylation sites is 1. The molecule has 0 spiro atoms. The van der Waals surface area contributed by atoms with Crippen molar-refractivity contribution in [3.63, 3.8) is 0 Å². The number of hydrogen-bond donors (Lipinski definition) is 1. The standard InChI is InChI=1S/C29H24N6O3S2/c1-36-24-13-12-19(14-25(24)37-2)23-15-21(20-10-6-7-11-22(20)31-23)27-33-32-26(38-27)17-39-29-35-34-28(40-29)30-16-18-8-4-3-5-9-18/h3-15H,16-17H2,1-2H3,(H,30,34). The summed E-state index contributed by atoms with van der Waals surface area (Å²) in [5.41, 5.74) is 4.45. The lowest BCUT2D eigenvalue weighted by Crippen LogP contribution is -1.98. The van der Waals surface area contributed by atoms with Gasteiger partial charge in [-0.2, -0.15) is 0 Å². The average Bonchev–Trinajstić information content (AvgIpc) is 3.68. The van der Waals surface area contributed by atoms with Crippen molar-refractivity contribution in [3.05, 3.63) is 90.3 Å². The Labute approximate surface area is 238 Å². The quantitative estimate of drug-likeness (QED) is 0.179. The van der Waals surface area contributed by atoms with E-state index in [4.69, 9.17) is 18.9 Å². The van der Waals surface area contributed by atoms with Crippen molar-refractivity contribution in [2.45, 2.75) is 16.6 Å². The molecule has 0 radical (unpaired) electrons. The Morgan fingerprint density at radius 2 is 1.68 bits per heavy atom. The molecule has 0 bridgehead atoms. The first kappa shape index (κ1) is 25.8. The first-order valence-electron chi connectivity index (χ1n) is 12.4. The van der Waals surface area contributed by atoms with Gasteiger partial charge in [0, 0.05) is 17.5 Å². The van der Waals surface area contributed by atoms with Crippen LogP contribution in [0.1, 0.15) is 11.5 Å². The fourth-order valence-electron chi connectivity index (χ4n) is 4.15. The van der Waals surface area contributed by atoms with Crippen LogP contribution in [0.15, 0.2) is 87.6 Å². The van der Waals surface area contributed by atoms with Gasteiger partial charge in [0.15, 0.2) is 15.8 Å². The maximum atomic E-state index is 6.11. The van der Waals surface area contributed by atoms with Crippen molar-refractivity contribution in [3.8, 4) is 34.2 Å². The molecule has 0 aliphatic heterocycles. The van der Waals surface area contributed by atoms with Crippen molar-refractivity contribution >= 4 is 39.1 Å². The van der Waals surface area contributed by atoms with Crippen molar-refractivity contribution in [1.82, 2.24) is 25.4 Å². The number of rotatable bonds is 10. The number of anilines is 1. The highest BCUT2D eigenvalue weighted by atomic mass is 32.2. The molecule has 6 rings (SSSR count). The third kappa shape index (κ3) is 5.61. The number of nitrogens with one attached hydrogen (secondary N) is 1. The van der Waals surface area contributed by atoms with Crippen LogP contribution in [0.4, 0.5) is 5.13 Å². The molecule has 0 saturated heterocycles. The van der Waals surface area contributed by atoms with Gasteiger partial charge >= 0.3 is 0 Å². The highest BCUT2D eigenvalue weighted by Gasteiger charge is 2.17.